The van der Waals surface area contributed by atoms with Crippen LogP contribution in [0.5, 0.6) is 0 Å². The van der Waals surface area contributed by atoms with Crippen molar-refractivity contribution in [3.8, 4) is 0 Å². The number of ether oxygens (including phenoxy) is 1. The summed E-state index contributed by atoms with van der Waals surface area (Å²) in [6.07, 6.45) is -0.144. The fraction of sp³-hybridized carbons (Fsp3) is 0.714. The molecule has 1 aliphatic rings. The Morgan fingerprint density at radius 1 is 1.45 bits per heavy atom. The van der Waals surface area contributed by atoms with Crippen LogP contribution in [0.25, 0.3) is 0 Å². The van der Waals surface area contributed by atoms with Crippen LogP contribution in [0.3, 0.4) is 0 Å². The number of nitrogens with one attached hydrogen (secondary N) is 1. The number of rotatable bonds is 3. The molecule has 112 valence electrons. The fourth-order valence-electron chi connectivity index (χ4n) is 2.10. The van der Waals surface area contributed by atoms with Crippen molar-refractivity contribution in [3.05, 3.63) is 11.9 Å². The Labute approximate surface area is 120 Å². The maximum Gasteiger partial charge on any atom is 0.138 e. The summed E-state index contributed by atoms with van der Waals surface area (Å²) in [5.74, 6) is 2.51. The summed E-state index contributed by atoms with van der Waals surface area (Å²) in [6, 6.07) is 1.94. The number of aliphatic hydroxyl groups excluding tert-OH is 1. The first-order chi connectivity index (χ1) is 9.44. The molecule has 0 amide bonds. The first-order valence-electron chi connectivity index (χ1n) is 6.98. The van der Waals surface area contributed by atoms with Crippen molar-refractivity contribution in [1.82, 2.24) is 9.97 Å². The molecule has 6 nitrogen and oxygen atoms in total. The van der Waals surface area contributed by atoms with Gasteiger partial charge in [0.05, 0.1) is 19.3 Å². The minimum absolute atomic E-state index is 0.0343. The zero-order valence-electron chi connectivity index (χ0n) is 12.7. The smallest absolute Gasteiger partial charge is 0.138 e. The minimum Gasteiger partial charge on any atom is -0.394 e. The van der Waals surface area contributed by atoms with E-state index in [9.17, 15) is 5.11 Å². The van der Waals surface area contributed by atoms with E-state index in [1.54, 1.807) is 0 Å². The number of hydrogen-bond donors (Lipinski definition) is 2. The average Bonchev–Trinajstić information content (AvgIpc) is 2.46. The van der Waals surface area contributed by atoms with Crippen molar-refractivity contribution >= 4 is 11.6 Å². The second-order valence-corrected chi connectivity index (χ2v) is 6.06. The van der Waals surface area contributed by atoms with Gasteiger partial charge in [-0.25, -0.2) is 9.97 Å². The molecule has 1 saturated heterocycles. The minimum atomic E-state index is -0.144. The SMILES string of the molecule is CNc1cc(N2CCOC(CO)C2)nc(C(C)(C)C)n1. The van der Waals surface area contributed by atoms with Gasteiger partial charge in [-0.1, -0.05) is 20.8 Å². The average molecular weight is 280 g/mol. The van der Waals surface area contributed by atoms with Crippen molar-refractivity contribution in [2.75, 3.05) is 43.6 Å². The Hall–Kier alpha value is -1.40. The van der Waals surface area contributed by atoms with Crippen LogP contribution < -0.4 is 10.2 Å². The van der Waals surface area contributed by atoms with E-state index in [0.29, 0.717) is 13.2 Å². The number of aliphatic hydroxyl groups is 1. The summed E-state index contributed by atoms with van der Waals surface area (Å²) >= 11 is 0. The molecule has 1 unspecified atom stereocenters. The van der Waals surface area contributed by atoms with Crippen molar-refractivity contribution < 1.29 is 9.84 Å². The fourth-order valence-corrected chi connectivity index (χ4v) is 2.10. The quantitative estimate of drug-likeness (QED) is 0.861. The molecule has 6 heteroatoms. The molecule has 20 heavy (non-hydrogen) atoms. The Morgan fingerprint density at radius 3 is 2.80 bits per heavy atom. The molecule has 2 rings (SSSR count). The van der Waals surface area contributed by atoms with Gasteiger partial charge in [0.1, 0.15) is 17.5 Å². The first kappa shape index (κ1) is 15.0. The molecule has 1 aromatic rings. The van der Waals surface area contributed by atoms with Gasteiger partial charge < -0.3 is 20.1 Å². The van der Waals surface area contributed by atoms with Crippen molar-refractivity contribution in [1.29, 1.82) is 0 Å². The normalized spacial score (nSPS) is 20.1. The largest absolute Gasteiger partial charge is 0.394 e. The molecular formula is C14H24N4O2. The molecule has 1 aromatic heterocycles. The third-order valence-electron chi connectivity index (χ3n) is 3.31. The highest BCUT2D eigenvalue weighted by atomic mass is 16.5. The van der Waals surface area contributed by atoms with E-state index in [1.807, 2.05) is 13.1 Å². The van der Waals surface area contributed by atoms with Crippen LogP contribution in [0.1, 0.15) is 26.6 Å². The lowest BCUT2D eigenvalue weighted by molar-refractivity contribution is 0.00334. The van der Waals surface area contributed by atoms with Crippen LogP contribution in [0.2, 0.25) is 0 Å². The van der Waals surface area contributed by atoms with E-state index >= 15 is 0 Å². The number of anilines is 2. The Balaban J connectivity index is 2.30. The molecule has 0 aliphatic carbocycles. The highest BCUT2D eigenvalue weighted by Gasteiger charge is 2.24. The van der Waals surface area contributed by atoms with Crippen LogP contribution in [-0.2, 0) is 10.2 Å². The molecule has 1 atom stereocenters. The van der Waals surface area contributed by atoms with Gasteiger partial charge in [-0.3, -0.25) is 0 Å². The van der Waals surface area contributed by atoms with Gasteiger partial charge in [-0.2, -0.15) is 0 Å². The van der Waals surface area contributed by atoms with E-state index in [1.165, 1.54) is 0 Å². The Bertz CT molecular complexity index is 459. The molecule has 0 bridgehead atoms. The van der Waals surface area contributed by atoms with Gasteiger partial charge in [0, 0.05) is 31.6 Å². The summed E-state index contributed by atoms with van der Waals surface area (Å²) in [5, 5.41) is 12.3. The standard InChI is InChI=1S/C14H24N4O2/c1-14(2,3)13-16-11(15-4)7-12(17-13)18-5-6-20-10(8-18)9-19/h7,10,19H,5-6,8-9H2,1-4H3,(H,15,16,17). The van der Waals surface area contributed by atoms with Crippen molar-refractivity contribution in [2.24, 2.45) is 0 Å². The molecule has 0 radical (unpaired) electrons. The van der Waals surface area contributed by atoms with Crippen LogP contribution in [0, 0.1) is 0 Å². The zero-order chi connectivity index (χ0) is 14.8. The molecule has 1 aliphatic heterocycles. The molecule has 2 N–H and O–H groups in total. The van der Waals surface area contributed by atoms with E-state index in [4.69, 9.17) is 4.74 Å². The third kappa shape index (κ3) is 3.37. The lowest BCUT2D eigenvalue weighted by atomic mass is 9.96. The summed E-state index contributed by atoms with van der Waals surface area (Å²) < 4.78 is 5.48. The van der Waals surface area contributed by atoms with Gasteiger partial charge in [-0.15, -0.1) is 0 Å². The van der Waals surface area contributed by atoms with Gasteiger partial charge in [-0.05, 0) is 0 Å². The van der Waals surface area contributed by atoms with Gasteiger partial charge in [0.15, 0.2) is 0 Å². The maximum atomic E-state index is 9.24. The van der Waals surface area contributed by atoms with Crippen LogP contribution >= 0.6 is 0 Å². The summed E-state index contributed by atoms with van der Waals surface area (Å²) in [4.78, 5) is 11.4. The van der Waals surface area contributed by atoms with Gasteiger partial charge in [0.2, 0.25) is 0 Å². The van der Waals surface area contributed by atoms with E-state index in [0.717, 1.165) is 24.0 Å². The first-order valence-corrected chi connectivity index (χ1v) is 6.98. The number of aromatic nitrogens is 2. The molecular weight excluding hydrogens is 256 g/mol. The molecule has 2 heterocycles. The van der Waals surface area contributed by atoms with Gasteiger partial charge in [0.25, 0.3) is 0 Å². The number of nitrogens with zero attached hydrogens (tertiary/aromatic N) is 3. The topological polar surface area (TPSA) is 70.5 Å². The van der Waals surface area contributed by atoms with Crippen LogP contribution in [0.4, 0.5) is 11.6 Å². The predicted molar refractivity (Wildman–Crippen MR) is 79.3 cm³/mol. The van der Waals surface area contributed by atoms with Gasteiger partial charge >= 0.3 is 0 Å². The zero-order valence-corrected chi connectivity index (χ0v) is 12.7. The second kappa shape index (κ2) is 5.93. The molecule has 0 aromatic carbocycles. The highest BCUT2D eigenvalue weighted by Crippen LogP contribution is 2.24. The van der Waals surface area contributed by atoms with E-state index in [2.05, 4.69) is 41.0 Å². The highest BCUT2D eigenvalue weighted by molar-refractivity contribution is 5.50. The molecule has 0 spiro atoms. The van der Waals surface area contributed by atoms with E-state index in [-0.39, 0.29) is 18.1 Å². The summed E-state index contributed by atoms with van der Waals surface area (Å²) in [7, 11) is 1.86. The van der Waals surface area contributed by atoms with Crippen LogP contribution in [-0.4, -0.2) is 54.5 Å². The predicted octanol–water partition coefficient (Wildman–Crippen LogP) is 1.01. The second-order valence-electron chi connectivity index (χ2n) is 6.06. The number of hydrogen-bond acceptors (Lipinski definition) is 6. The third-order valence-corrected chi connectivity index (χ3v) is 3.31. The summed E-state index contributed by atoms with van der Waals surface area (Å²) in [5.41, 5.74) is -0.107. The Kier molecular flexibility index (Phi) is 4.45. The molecule has 1 fully saturated rings. The lowest BCUT2D eigenvalue weighted by Gasteiger charge is -2.33. The monoisotopic (exact) mass is 280 g/mol. The van der Waals surface area contributed by atoms with Crippen molar-refractivity contribution in [3.63, 3.8) is 0 Å². The van der Waals surface area contributed by atoms with E-state index < -0.39 is 0 Å². The summed E-state index contributed by atoms with van der Waals surface area (Å²) in [6.45, 7) is 8.37. The number of morpholine rings is 1. The maximum absolute atomic E-state index is 9.24. The Morgan fingerprint density at radius 2 is 2.20 bits per heavy atom. The lowest BCUT2D eigenvalue weighted by Crippen LogP contribution is -2.44. The van der Waals surface area contributed by atoms with Crippen molar-refractivity contribution in [2.45, 2.75) is 32.3 Å². The molecule has 0 saturated carbocycles. The van der Waals surface area contributed by atoms with Crippen LogP contribution in [0.15, 0.2) is 6.07 Å².